The van der Waals surface area contributed by atoms with Crippen LogP contribution >= 0.6 is 12.2 Å². The van der Waals surface area contributed by atoms with Gasteiger partial charge in [-0.15, -0.1) is 0 Å². The molecule has 0 aliphatic carbocycles. The van der Waals surface area contributed by atoms with Crippen LogP contribution in [0.2, 0.25) is 0 Å². The third-order valence-corrected chi connectivity index (χ3v) is 2.73. The van der Waals surface area contributed by atoms with Crippen molar-refractivity contribution in [1.82, 2.24) is 4.98 Å². The highest BCUT2D eigenvalue weighted by molar-refractivity contribution is 7.80. The van der Waals surface area contributed by atoms with E-state index in [0.717, 1.165) is 18.8 Å². The molecule has 5 heteroatoms. The Kier molecular flexibility index (Phi) is 6.01. The molecule has 0 saturated carbocycles. The predicted octanol–water partition coefficient (Wildman–Crippen LogP) is 1.82. The van der Waals surface area contributed by atoms with E-state index >= 15 is 0 Å². The molecule has 4 nitrogen and oxygen atoms in total. The third-order valence-electron chi connectivity index (χ3n) is 2.52. The van der Waals surface area contributed by atoms with E-state index in [9.17, 15) is 0 Å². The third kappa shape index (κ3) is 4.58. The Balaban J connectivity index is 2.80. The monoisotopic (exact) mass is 267 g/mol. The van der Waals surface area contributed by atoms with Gasteiger partial charge in [-0.2, -0.15) is 0 Å². The van der Waals surface area contributed by atoms with Crippen molar-refractivity contribution in [2.45, 2.75) is 13.8 Å². The van der Waals surface area contributed by atoms with Crippen molar-refractivity contribution < 1.29 is 4.74 Å². The Morgan fingerprint density at radius 2 is 2.22 bits per heavy atom. The molecule has 100 valence electrons. The van der Waals surface area contributed by atoms with Crippen LogP contribution in [0.25, 0.3) is 0 Å². The highest BCUT2D eigenvalue weighted by Gasteiger charge is 2.09. The number of rotatable bonds is 7. The van der Waals surface area contributed by atoms with Crippen molar-refractivity contribution in [3.63, 3.8) is 0 Å². The molecule has 0 saturated heterocycles. The second kappa shape index (κ2) is 7.28. The van der Waals surface area contributed by atoms with Gasteiger partial charge >= 0.3 is 0 Å². The van der Waals surface area contributed by atoms with E-state index in [2.05, 4.69) is 23.7 Å². The lowest BCUT2D eigenvalue weighted by atomic mass is 10.2. The molecule has 0 fully saturated rings. The zero-order chi connectivity index (χ0) is 13.5. The van der Waals surface area contributed by atoms with Gasteiger partial charge in [-0.1, -0.05) is 26.1 Å². The maximum Gasteiger partial charge on any atom is 0.122 e. The molecule has 1 heterocycles. The first-order chi connectivity index (χ1) is 8.54. The fraction of sp³-hybridized carbons (Fsp3) is 0.538. The molecule has 0 bridgehead atoms. The summed E-state index contributed by atoms with van der Waals surface area (Å²) in [5, 5.41) is 0. The van der Waals surface area contributed by atoms with Gasteiger partial charge in [-0.05, 0) is 18.1 Å². The topological polar surface area (TPSA) is 51.4 Å². The van der Waals surface area contributed by atoms with Crippen LogP contribution in [-0.2, 0) is 4.74 Å². The minimum atomic E-state index is 0.328. The number of thiocarbonyl (C=S) groups is 1. The van der Waals surface area contributed by atoms with Crippen LogP contribution in [0, 0.1) is 5.92 Å². The Morgan fingerprint density at radius 3 is 2.67 bits per heavy atom. The van der Waals surface area contributed by atoms with E-state index in [0.29, 0.717) is 23.2 Å². The van der Waals surface area contributed by atoms with Crippen molar-refractivity contribution in [2.75, 3.05) is 31.7 Å². The number of aromatic nitrogens is 1. The number of nitrogens with zero attached hydrogens (tertiary/aromatic N) is 2. The van der Waals surface area contributed by atoms with Crippen molar-refractivity contribution in [3.05, 3.63) is 24.0 Å². The van der Waals surface area contributed by atoms with Crippen LogP contribution in [-0.4, -0.2) is 36.8 Å². The zero-order valence-corrected chi connectivity index (χ0v) is 12.0. The van der Waals surface area contributed by atoms with Gasteiger partial charge in [0.15, 0.2) is 0 Å². The van der Waals surface area contributed by atoms with Gasteiger partial charge in [-0.3, -0.25) is 4.98 Å². The number of hydrogen-bond donors (Lipinski definition) is 1. The highest BCUT2D eigenvalue weighted by atomic mass is 32.1. The van der Waals surface area contributed by atoms with E-state index < -0.39 is 0 Å². The maximum atomic E-state index is 5.54. The number of hydrogen-bond acceptors (Lipinski definition) is 4. The molecule has 0 unspecified atom stereocenters. The summed E-state index contributed by atoms with van der Waals surface area (Å²) in [6.07, 6.45) is 1.81. The van der Waals surface area contributed by atoms with Crippen LogP contribution in [0.1, 0.15) is 19.5 Å². The number of ether oxygens (including phenoxy) is 1. The maximum absolute atomic E-state index is 5.54. The van der Waals surface area contributed by atoms with Gasteiger partial charge in [-0.25, -0.2) is 0 Å². The van der Waals surface area contributed by atoms with Crippen molar-refractivity contribution in [3.8, 4) is 0 Å². The lowest BCUT2D eigenvalue weighted by Crippen LogP contribution is -2.31. The van der Waals surface area contributed by atoms with Gasteiger partial charge in [0.05, 0.1) is 24.2 Å². The second-order valence-corrected chi connectivity index (χ2v) is 5.04. The number of methoxy groups -OCH3 is 1. The minimum Gasteiger partial charge on any atom is -0.388 e. The summed E-state index contributed by atoms with van der Waals surface area (Å²) in [7, 11) is 1.71. The molecule has 1 aromatic rings. The fourth-order valence-corrected chi connectivity index (χ4v) is 1.81. The largest absolute Gasteiger partial charge is 0.388 e. The van der Waals surface area contributed by atoms with Crippen molar-refractivity contribution >= 4 is 22.9 Å². The summed E-state index contributed by atoms with van der Waals surface area (Å²) in [4.78, 5) is 6.85. The lowest BCUT2D eigenvalue weighted by Gasteiger charge is -2.26. The summed E-state index contributed by atoms with van der Waals surface area (Å²) in [6, 6.07) is 3.86. The van der Waals surface area contributed by atoms with Crippen LogP contribution in [0.5, 0.6) is 0 Å². The van der Waals surface area contributed by atoms with Gasteiger partial charge in [0.25, 0.3) is 0 Å². The number of nitrogens with two attached hydrogens (primary N) is 1. The van der Waals surface area contributed by atoms with E-state index in [1.54, 1.807) is 7.11 Å². The van der Waals surface area contributed by atoms with Crippen LogP contribution in [0.4, 0.5) is 5.69 Å². The van der Waals surface area contributed by atoms with Crippen LogP contribution in [0.3, 0.4) is 0 Å². The summed E-state index contributed by atoms with van der Waals surface area (Å²) >= 11 is 4.89. The van der Waals surface area contributed by atoms with Crippen molar-refractivity contribution in [2.24, 2.45) is 11.7 Å². The fourth-order valence-electron chi connectivity index (χ4n) is 1.69. The molecule has 0 atom stereocenters. The van der Waals surface area contributed by atoms with E-state index in [1.165, 1.54) is 0 Å². The first-order valence-electron chi connectivity index (χ1n) is 6.04. The summed E-state index contributed by atoms with van der Waals surface area (Å²) in [5.74, 6) is 0.581. The van der Waals surface area contributed by atoms with Gasteiger partial charge in [0.2, 0.25) is 0 Å². The molecule has 1 rings (SSSR count). The standard InChI is InChI=1S/C13H21N3OS/c1-10(2)9-16(6-7-17-3)11-4-5-12(13(14)18)15-8-11/h4-5,8,10H,6-7,9H2,1-3H3,(H2,14,18). The van der Waals surface area contributed by atoms with Crippen LogP contribution < -0.4 is 10.6 Å². The van der Waals surface area contributed by atoms with Crippen molar-refractivity contribution in [1.29, 1.82) is 0 Å². The Labute approximate surface area is 114 Å². The molecule has 2 N–H and O–H groups in total. The Morgan fingerprint density at radius 1 is 1.50 bits per heavy atom. The normalized spacial score (nSPS) is 10.7. The molecule has 0 radical (unpaired) electrons. The predicted molar refractivity (Wildman–Crippen MR) is 79.1 cm³/mol. The van der Waals surface area contributed by atoms with E-state index in [4.69, 9.17) is 22.7 Å². The smallest absolute Gasteiger partial charge is 0.122 e. The lowest BCUT2D eigenvalue weighted by molar-refractivity contribution is 0.204. The molecular formula is C13H21N3OS. The van der Waals surface area contributed by atoms with Crippen LogP contribution in [0.15, 0.2) is 18.3 Å². The molecule has 18 heavy (non-hydrogen) atoms. The zero-order valence-electron chi connectivity index (χ0n) is 11.2. The summed E-state index contributed by atoms with van der Waals surface area (Å²) in [6.45, 7) is 6.90. The first kappa shape index (κ1) is 14.9. The van der Waals surface area contributed by atoms with E-state index in [1.807, 2.05) is 18.3 Å². The second-order valence-electron chi connectivity index (χ2n) is 4.60. The summed E-state index contributed by atoms with van der Waals surface area (Å²) < 4.78 is 5.13. The molecule has 0 spiro atoms. The number of anilines is 1. The molecule has 1 aromatic heterocycles. The average Bonchev–Trinajstić information content (AvgIpc) is 2.34. The molecule has 0 amide bonds. The SMILES string of the molecule is COCCN(CC(C)C)c1ccc(C(N)=S)nc1. The Hall–Kier alpha value is -1.20. The molecule has 0 aliphatic heterocycles. The number of pyridine rings is 1. The molecule has 0 aliphatic rings. The summed E-state index contributed by atoms with van der Waals surface area (Å²) in [5.41, 5.74) is 7.26. The quantitative estimate of drug-likeness (QED) is 0.764. The van der Waals surface area contributed by atoms with Gasteiger partial charge in [0, 0.05) is 20.2 Å². The molecule has 0 aromatic carbocycles. The first-order valence-corrected chi connectivity index (χ1v) is 6.45. The van der Waals surface area contributed by atoms with Gasteiger partial charge in [0.1, 0.15) is 4.99 Å². The van der Waals surface area contributed by atoms with E-state index in [-0.39, 0.29) is 0 Å². The Bertz CT molecular complexity index is 378. The molecular weight excluding hydrogens is 246 g/mol. The highest BCUT2D eigenvalue weighted by Crippen LogP contribution is 2.14. The minimum absolute atomic E-state index is 0.328. The van der Waals surface area contributed by atoms with Gasteiger partial charge < -0.3 is 15.4 Å². The average molecular weight is 267 g/mol.